The van der Waals surface area contributed by atoms with Gasteiger partial charge in [-0.3, -0.25) is 0 Å². The van der Waals surface area contributed by atoms with Crippen molar-refractivity contribution in [3.63, 3.8) is 0 Å². The number of halogens is 2. The SMILES string of the molecule is CCc1cc2c(-c3ccc([Si](C)(C)C)cc3)cccc2[cH-]1.C[Si](C)(C)c1ccc(-c2cccc3[cH-]c(C4CCCCC4)cc23)cc1.C[Si]C.[Cl][Zr+2][Cl]. The van der Waals surface area contributed by atoms with Gasteiger partial charge in [0, 0.05) is 9.52 Å². The van der Waals surface area contributed by atoms with Crippen LogP contribution in [0.15, 0.2) is 109 Å². The van der Waals surface area contributed by atoms with Crippen LogP contribution in [0, 0.1) is 0 Å². The Morgan fingerprint density at radius 1 is 0.635 bits per heavy atom. The van der Waals surface area contributed by atoms with Crippen molar-refractivity contribution in [2.75, 3.05) is 0 Å². The molecule has 0 aromatic heterocycles. The standard InChI is InChI=1S/C24H29Si.C20H23Si.C2H6Si.2ClH.Zr/c1-25(2,3)22-14-12-19(13-15-22)23-11-7-10-20-16-21(17-24(20)23)18-8-5-4-6-9-18;1-5-15-13-17-7-6-8-19(20(17)14-15)16-9-11-18(12-10-16)21(2,3)4;1-3-2;;;/h7,10-18H,4-6,8-9H2,1-3H3;6-14H,5H2,1-4H3;1-2H3;2*1H;/q2*-1;;;;+4/p-2. The summed E-state index contributed by atoms with van der Waals surface area (Å²) in [4.78, 5) is 0. The van der Waals surface area contributed by atoms with Crippen molar-refractivity contribution >= 4 is 74.6 Å². The van der Waals surface area contributed by atoms with Gasteiger partial charge in [0.15, 0.2) is 0 Å². The molecule has 0 spiro atoms. The molecule has 0 aliphatic heterocycles. The molecular formula is C46H58Cl2Si3Zr. The number of hydrogen-bond acceptors (Lipinski definition) is 0. The van der Waals surface area contributed by atoms with Crippen molar-refractivity contribution in [3.8, 4) is 22.3 Å². The van der Waals surface area contributed by atoms with Crippen molar-refractivity contribution in [1.29, 1.82) is 0 Å². The Morgan fingerprint density at radius 3 is 1.48 bits per heavy atom. The number of aryl methyl sites for hydroxylation is 1. The van der Waals surface area contributed by atoms with Crippen LogP contribution in [0.1, 0.15) is 56.1 Å². The van der Waals surface area contributed by atoms with Crippen LogP contribution in [0.3, 0.4) is 0 Å². The predicted molar refractivity (Wildman–Crippen MR) is 240 cm³/mol. The zero-order chi connectivity index (χ0) is 37.9. The van der Waals surface area contributed by atoms with E-state index >= 15 is 0 Å². The van der Waals surface area contributed by atoms with Crippen LogP contribution in [-0.2, 0) is 27.3 Å². The summed E-state index contributed by atoms with van der Waals surface area (Å²) in [5.41, 5.74) is 8.43. The Kier molecular flexibility index (Phi) is 16.7. The molecule has 0 nitrogen and oxygen atoms in total. The van der Waals surface area contributed by atoms with Crippen LogP contribution in [0.5, 0.6) is 0 Å². The van der Waals surface area contributed by atoms with E-state index in [2.05, 4.69) is 168 Å². The molecule has 7 rings (SSSR count). The van der Waals surface area contributed by atoms with Crippen molar-refractivity contribution in [1.82, 2.24) is 0 Å². The van der Waals surface area contributed by atoms with Gasteiger partial charge < -0.3 is 0 Å². The number of fused-ring (bicyclic) bond motifs is 2. The molecule has 6 heteroatoms. The minimum atomic E-state index is -1.23. The van der Waals surface area contributed by atoms with Gasteiger partial charge in [-0.1, -0.05) is 161 Å². The van der Waals surface area contributed by atoms with Gasteiger partial charge in [-0.25, -0.2) is 0 Å². The maximum absolute atomic E-state index is 4.93. The van der Waals surface area contributed by atoms with E-state index in [0.29, 0.717) is 0 Å². The Bertz CT molecular complexity index is 1950. The summed E-state index contributed by atoms with van der Waals surface area (Å²) in [5.74, 6) is 0.781. The summed E-state index contributed by atoms with van der Waals surface area (Å²) in [5, 5.41) is 8.65. The summed E-state index contributed by atoms with van der Waals surface area (Å²) in [6, 6.07) is 41.6. The summed E-state index contributed by atoms with van der Waals surface area (Å²) in [6.45, 7) is 21.0. The van der Waals surface area contributed by atoms with E-state index in [4.69, 9.17) is 17.0 Å². The van der Waals surface area contributed by atoms with E-state index in [0.717, 1.165) is 21.9 Å². The zero-order valence-corrected chi connectivity index (χ0v) is 39.9. The molecule has 1 fully saturated rings. The zero-order valence-electron chi connectivity index (χ0n) is 33.0. The molecule has 6 aromatic rings. The molecule has 2 radical (unpaired) electrons. The third-order valence-electron chi connectivity index (χ3n) is 10.2. The normalized spacial score (nSPS) is 13.3. The van der Waals surface area contributed by atoms with Gasteiger partial charge in [0.2, 0.25) is 0 Å². The van der Waals surface area contributed by atoms with Gasteiger partial charge in [-0.15, -0.1) is 69.1 Å². The van der Waals surface area contributed by atoms with E-state index < -0.39 is 37.0 Å². The second-order valence-electron chi connectivity index (χ2n) is 16.2. The number of benzene rings is 4. The summed E-state index contributed by atoms with van der Waals surface area (Å²) >= 11 is -0.826. The van der Waals surface area contributed by atoms with Crippen LogP contribution in [0.4, 0.5) is 0 Å². The predicted octanol–water partition coefficient (Wildman–Crippen LogP) is 14.3. The van der Waals surface area contributed by atoms with Crippen LogP contribution >= 0.6 is 17.0 Å². The van der Waals surface area contributed by atoms with E-state index in [-0.39, 0.29) is 0 Å². The molecule has 272 valence electrons. The van der Waals surface area contributed by atoms with Gasteiger partial charge in [0.25, 0.3) is 0 Å². The van der Waals surface area contributed by atoms with Gasteiger partial charge >= 0.3 is 37.9 Å². The van der Waals surface area contributed by atoms with Crippen LogP contribution in [0.25, 0.3) is 43.8 Å². The first-order valence-electron chi connectivity index (χ1n) is 19.0. The minimum absolute atomic E-state index is 0.781. The molecular weight excluding hydrogens is 799 g/mol. The fraction of sp³-hybridized carbons (Fsp3) is 0.348. The van der Waals surface area contributed by atoms with Crippen LogP contribution < -0.4 is 10.4 Å². The summed E-state index contributed by atoms with van der Waals surface area (Å²) in [7, 11) is 8.51. The third-order valence-corrected chi connectivity index (χ3v) is 14.3. The fourth-order valence-corrected chi connectivity index (χ4v) is 9.57. The molecule has 0 bridgehead atoms. The topological polar surface area (TPSA) is 0 Å². The molecule has 6 aromatic carbocycles. The summed E-state index contributed by atoms with van der Waals surface area (Å²) in [6.07, 6.45) is 8.07. The second-order valence-corrected chi connectivity index (χ2v) is 31.1. The number of hydrogen-bond donors (Lipinski definition) is 0. The van der Waals surface area contributed by atoms with Crippen molar-refractivity contribution < 1.29 is 20.8 Å². The quantitative estimate of drug-likeness (QED) is 0.116. The molecule has 0 amide bonds. The number of rotatable bonds is 6. The first-order chi connectivity index (χ1) is 24.8. The van der Waals surface area contributed by atoms with E-state index in [9.17, 15) is 0 Å². The van der Waals surface area contributed by atoms with Crippen LogP contribution in [0.2, 0.25) is 52.4 Å². The monoisotopic (exact) mass is 854 g/mol. The first kappa shape index (κ1) is 42.9. The molecule has 52 heavy (non-hydrogen) atoms. The molecule has 0 unspecified atom stereocenters. The first-order valence-corrected chi connectivity index (χ1v) is 34.3. The Morgan fingerprint density at radius 2 is 1.06 bits per heavy atom. The van der Waals surface area contributed by atoms with Crippen molar-refractivity contribution in [3.05, 3.63) is 120 Å². The Balaban J connectivity index is 0.000000205. The van der Waals surface area contributed by atoms with E-state index in [1.165, 1.54) is 91.8 Å². The fourth-order valence-electron chi connectivity index (χ4n) is 7.23. The van der Waals surface area contributed by atoms with Crippen LogP contribution in [-0.4, -0.2) is 25.7 Å². The third kappa shape index (κ3) is 11.6. The molecule has 0 atom stereocenters. The second kappa shape index (κ2) is 20.2. The molecule has 1 aliphatic carbocycles. The van der Waals surface area contributed by atoms with Gasteiger partial charge in [-0.2, -0.15) is 12.1 Å². The van der Waals surface area contributed by atoms with Crippen molar-refractivity contribution in [2.24, 2.45) is 0 Å². The van der Waals surface area contributed by atoms with Gasteiger partial charge in [0.05, 0.1) is 16.1 Å². The molecule has 0 heterocycles. The average molecular weight is 857 g/mol. The molecule has 1 aliphatic rings. The molecule has 0 N–H and O–H groups in total. The van der Waals surface area contributed by atoms with Crippen molar-refractivity contribution in [2.45, 2.75) is 104 Å². The Labute approximate surface area is 339 Å². The molecule has 0 saturated heterocycles. The average Bonchev–Trinajstić information content (AvgIpc) is 3.77. The van der Waals surface area contributed by atoms with E-state index in [1.54, 1.807) is 5.56 Å². The van der Waals surface area contributed by atoms with Gasteiger partial charge in [0.1, 0.15) is 0 Å². The van der Waals surface area contributed by atoms with Gasteiger partial charge in [-0.05, 0) is 36.3 Å². The van der Waals surface area contributed by atoms with E-state index in [1.807, 2.05) is 0 Å². The summed E-state index contributed by atoms with van der Waals surface area (Å²) < 4.78 is 0. The Hall–Kier alpha value is -1.79. The molecule has 1 saturated carbocycles. The maximum atomic E-state index is 4.93.